The number of aromatic nitrogens is 4. The number of hydrogen-bond donors (Lipinski definition) is 0. The number of benzene rings is 1. The van der Waals surface area contributed by atoms with Crippen LogP contribution >= 0.6 is 0 Å². The summed E-state index contributed by atoms with van der Waals surface area (Å²) in [5.74, 6) is 0.622. The maximum Gasteiger partial charge on any atom is 0.347 e. The summed E-state index contributed by atoms with van der Waals surface area (Å²) in [6.45, 7) is 4.16. The Bertz CT molecular complexity index is 1350. The molecule has 0 spiro atoms. The number of aryl methyl sites for hydroxylation is 1. The van der Waals surface area contributed by atoms with Crippen LogP contribution in [0.2, 0.25) is 0 Å². The van der Waals surface area contributed by atoms with Gasteiger partial charge in [-0.2, -0.15) is 0 Å². The van der Waals surface area contributed by atoms with Gasteiger partial charge in [0.05, 0.1) is 50.1 Å². The van der Waals surface area contributed by atoms with Crippen molar-refractivity contribution in [2.75, 3.05) is 58.6 Å². The van der Waals surface area contributed by atoms with Gasteiger partial charge in [-0.05, 0) is 44.3 Å². The first-order valence-electron chi connectivity index (χ1n) is 11.6. The second-order valence-electron chi connectivity index (χ2n) is 8.83. The second kappa shape index (κ2) is 9.44. The quantitative estimate of drug-likeness (QED) is 0.390. The van der Waals surface area contributed by atoms with Crippen LogP contribution in [0.1, 0.15) is 6.42 Å². The highest BCUT2D eigenvalue weighted by atomic mass is 16.5. The normalized spacial score (nSPS) is 14.4. The van der Waals surface area contributed by atoms with E-state index >= 15 is 0 Å². The second-order valence-corrected chi connectivity index (χ2v) is 8.83. The molecule has 0 unspecified atom stereocenters. The van der Waals surface area contributed by atoms with Crippen molar-refractivity contribution in [3.05, 3.63) is 53.2 Å². The Hall–Kier alpha value is -3.43. The average molecular weight is 463 g/mol. The molecule has 5 rings (SSSR count). The standard InChI is InChI=1S/C25H30N6O3/c1-28(2)9-4-12-34-23-8-6-19(16-27-23)18-5-7-21-20(15-18)24-22(17-26-21)29(3)25(32)31(24)30-10-13-33-14-11-30/h5-8,15-17H,4,9-14H2,1-3H3. The van der Waals surface area contributed by atoms with Crippen molar-refractivity contribution in [1.82, 2.24) is 24.1 Å². The lowest BCUT2D eigenvalue weighted by atomic mass is 10.0. The molecule has 1 aliphatic rings. The van der Waals surface area contributed by atoms with E-state index in [4.69, 9.17) is 9.47 Å². The van der Waals surface area contributed by atoms with Crippen LogP contribution in [0.25, 0.3) is 33.1 Å². The summed E-state index contributed by atoms with van der Waals surface area (Å²) in [5.41, 5.74) is 4.44. The molecule has 1 aromatic carbocycles. The number of imidazole rings is 1. The van der Waals surface area contributed by atoms with E-state index in [0.29, 0.717) is 38.8 Å². The van der Waals surface area contributed by atoms with E-state index in [-0.39, 0.29) is 5.69 Å². The topological polar surface area (TPSA) is 77.7 Å². The van der Waals surface area contributed by atoms with Crippen LogP contribution in [0.3, 0.4) is 0 Å². The number of hydrogen-bond acceptors (Lipinski definition) is 7. The molecule has 0 aliphatic carbocycles. The summed E-state index contributed by atoms with van der Waals surface area (Å²) in [4.78, 5) is 24.4. The first-order valence-corrected chi connectivity index (χ1v) is 11.6. The monoisotopic (exact) mass is 462 g/mol. The molecule has 0 bridgehead atoms. The lowest BCUT2D eigenvalue weighted by molar-refractivity contribution is 0.111. The Labute approximate surface area is 198 Å². The van der Waals surface area contributed by atoms with E-state index in [1.165, 1.54) is 0 Å². The van der Waals surface area contributed by atoms with Crippen molar-refractivity contribution < 1.29 is 9.47 Å². The van der Waals surface area contributed by atoms with Gasteiger partial charge in [0.1, 0.15) is 5.52 Å². The molecule has 0 N–H and O–H groups in total. The zero-order valence-electron chi connectivity index (χ0n) is 19.9. The molecule has 34 heavy (non-hydrogen) atoms. The van der Waals surface area contributed by atoms with Crippen LogP contribution in [-0.4, -0.2) is 77.7 Å². The van der Waals surface area contributed by atoms with Gasteiger partial charge in [-0.15, -0.1) is 0 Å². The first-order chi connectivity index (χ1) is 16.5. The Kier molecular flexibility index (Phi) is 6.21. The molecule has 0 radical (unpaired) electrons. The first kappa shape index (κ1) is 22.4. The maximum absolute atomic E-state index is 13.2. The molecule has 0 saturated carbocycles. The highest BCUT2D eigenvalue weighted by Crippen LogP contribution is 2.29. The van der Waals surface area contributed by atoms with E-state index in [1.807, 2.05) is 30.5 Å². The van der Waals surface area contributed by atoms with E-state index in [0.717, 1.165) is 46.0 Å². The molecule has 3 aromatic heterocycles. The molecule has 4 heterocycles. The molecule has 1 aliphatic heterocycles. The van der Waals surface area contributed by atoms with E-state index < -0.39 is 0 Å². The van der Waals surface area contributed by atoms with Crippen LogP contribution < -0.4 is 15.4 Å². The fraction of sp³-hybridized carbons (Fsp3) is 0.400. The Balaban J connectivity index is 1.51. The van der Waals surface area contributed by atoms with Crippen molar-refractivity contribution >= 4 is 21.9 Å². The summed E-state index contributed by atoms with van der Waals surface area (Å²) >= 11 is 0. The van der Waals surface area contributed by atoms with Gasteiger partial charge in [-0.1, -0.05) is 6.07 Å². The molecule has 1 saturated heterocycles. The summed E-state index contributed by atoms with van der Waals surface area (Å²) in [5, 5.41) is 2.99. The predicted octanol–water partition coefficient (Wildman–Crippen LogP) is 2.25. The molecular weight excluding hydrogens is 432 g/mol. The largest absolute Gasteiger partial charge is 0.478 e. The van der Waals surface area contributed by atoms with Gasteiger partial charge in [0.25, 0.3) is 0 Å². The molecule has 4 aromatic rings. The zero-order valence-corrected chi connectivity index (χ0v) is 19.9. The van der Waals surface area contributed by atoms with E-state index in [9.17, 15) is 4.79 Å². The molecule has 1 fully saturated rings. The van der Waals surface area contributed by atoms with Gasteiger partial charge in [0.2, 0.25) is 5.88 Å². The molecule has 178 valence electrons. The van der Waals surface area contributed by atoms with Gasteiger partial charge in [-0.3, -0.25) is 9.55 Å². The third-order valence-electron chi connectivity index (χ3n) is 6.20. The predicted molar refractivity (Wildman–Crippen MR) is 133 cm³/mol. The summed E-state index contributed by atoms with van der Waals surface area (Å²) in [7, 11) is 5.89. The lowest BCUT2D eigenvalue weighted by Gasteiger charge is -2.29. The van der Waals surface area contributed by atoms with Gasteiger partial charge < -0.3 is 19.4 Å². The number of rotatable bonds is 7. The van der Waals surface area contributed by atoms with E-state index in [1.54, 1.807) is 22.5 Å². The fourth-order valence-corrected chi connectivity index (χ4v) is 4.37. The molecule has 0 amide bonds. The molecule has 9 heteroatoms. The maximum atomic E-state index is 13.2. The van der Waals surface area contributed by atoms with Crippen molar-refractivity contribution in [2.24, 2.45) is 7.05 Å². The Morgan fingerprint density at radius 2 is 1.85 bits per heavy atom. The average Bonchev–Trinajstić information content (AvgIpc) is 3.12. The van der Waals surface area contributed by atoms with Crippen molar-refractivity contribution in [1.29, 1.82) is 0 Å². The van der Waals surface area contributed by atoms with Gasteiger partial charge in [0.15, 0.2) is 0 Å². The minimum absolute atomic E-state index is 0.0750. The van der Waals surface area contributed by atoms with Crippen molar-refractivity contribution in [3.63, 3.8) is 0 Å². The molecular formula is C25H30N6O3. The number of pyridine rings is 2. The lowest BCUT2D eigenvalue weighted by Crippen LogP contribution is -2.48. The Morgan fingerprint density at radius 1 is 1.06 bits per heavy atom. The number of fused-ring (bicyclic) bond motifs is 3. The third-order valence-corrected chi connectivity index (χ3v) is 6.20. The smallest absolute Gasteiger partial charge is 0.347 e. The Morgan fingerprint density at radius 3 is 2.59 bits per heavy atom. The van der Waals surface area contributed by atoms with E-state index in [2.05, 4.69) is 40.0 Å². The van der Waals surface area contributed by atoms with Crippen LogP contribution in [-0.2, 0) is 11.8 Å². The van der Waals surface area contributed by atoms with Crippen LogP contribution in [0.4, 0.5) is 0 Å². The number of morpholine rings is 1. The minimum Gasteiger partial charge on any atom is -0.478 e. The van der Waals surface area contributed by atoms with Gasteiger partial charge in [-0.25, -0.2) is 14.5 Å². The number of nitrogens with zero attached hydrogens (tertiary/aromatic N) is 6. The number of ether oxygens (including phenoxy) is 2. The third kappa shape index (κ3) is 4.24. The highest BCUT2D eigenvalue weighted by Gasteiger charge is 2.21. The highest BCUT2D eigenvalue weighted by molar-refractivity contribution is 6.04. The summed E-state index contributed by atoms with van der Waals surface area (Å²) in [6, 6.07) is 10.0. The van der Waals surface area contributed by atoms with Crippen molar-refractivity contribution in [2.45, 2.75) is 6.42 Å². The van der Waals surface area contributed by atoms with Crippen molar-refractivity contribution in [3.8, 4) is 17.0 Å². The molecule has 0 atom stereocenters. The summed E-state index contributed by atoms with van der Waals surface area (Å²) in [6.07, 6.45) is 4.56. The fourth-order valence-electron chi connectivity index (χ4n) is 4.37. The SMILES string of the molecule is CN(C)CCCOc1ccc(-c2ccc3ncc4c(c3c2)n(N2CCOCC2)c(=O)n4C)cn1. The minimum atomic E-state index is -0.0750. The summed E-state index contributed by atoms with van der Waals surface area (Å²) < 4.78 is 14.7. The van der Waals surface area contributed by atoms with Crippen LogP contribution in [0.5, 0.6) is 5.88 Å². The van der Waals surface area contributed by atoms with Crippen LogP contribution in [0, 0.1) is 0 Å². The van der Waals surface area contributed by atoms with Gasteiger partial charge in [0, 0.05) is 36.8 Å². The van der Waals surface area contributed by atoms with Crippen LogP contribution in [0.15, 0.2) is 47.5 Å². The zero-order chi connectivity index (χ0) is 23.7. The van der Waals surface area contributed by atoms with Gasteiger partial charge >= 0.3 is 5.69 Å². The molecule has 9 nitrogen and oxygen atoms in total.